The van der Waals surface area contributed by atoms with Gasteiger partial charge in [0.05, 0.1) is 0 Å². The molecule has 1 aromatic rings. The standard InChI is InChI=1S/C19H28N4O2/c1-15-3-5-16(6-4-15)13-23-14-17(11-18(23)24)12-21(2)19(25)22-9-7-20-8-10-22/h3-6,17,20H,7-14H2,1-2H3. The Balaban J connectivity index is 1.51. The average Bonchev–Trinajstić information content (AvgIpc) is 2.96. The number of piperazine rings is 1. The van der Waals surface area contributed by atoms with Gasteiger partial charge in [0.25, 0.3) is 0 Å². The van der Waals surface area contributed by atoms with E-state index in [2.05, 4.69) is 36.5 Å². The third kappa shape index (κ3) is 4.51. The molecule has 2 aliphatic rings. The Labute approximate surface area is 149 Å². The summed E-state index contributed by atoms with van der Waals surface area (Å²) in [7, 11) is 1.84. The van der Waals surface area contributed by atoms with E-state index >= 15 is 0 Å². The lowest BCUT2D eigenvalue weighted by atomic mass is 10.1. The fraction of sp³-hybridized carbons (Fsp3) is 0.579. The second-order valence-electron chi connectivity index (χ2n) is 7.23. The molecular weight excluding hydrogens is 316 g/mol. The van der Waals surface area contributed by atoms with Crippen molar-refractivity contribution >= 4 is 11.9 Å². The molecule has 0 bridgehead atoms. The van der Waals surface area contributed by atoms with Crippen LogP contribution in [0.1, 0.15) is 17.5 Å². The van der Waals surface area contributed by atoms with Gasteiger partial charge in [0, 0.05) is 65.2 Å². The Hall–Kier alpha value is -2.08. The predicted octanol–water partition coefficient (Wildman–Crippen LogP) is 1.30. The first-order valence-corrected chi connectivity index (χ1v) is 9.07. The molecule has 1 unspecified atom stereocenters. The molecule has 1 atom stereocenters. The monoisotopic (exact) mass is 344 g/mol. The van der Waals surface area contributed by atoms with Crippen molar-refractivity contribution < 1.29 is 9.59 Å². The average molecular weight is 344 g/mol. The zero-order valence-corrected chi connectivity index (χ0v) is 15.2. The van der Waals surface area contributed by atoms with E-state index in [1.54, 1.807) is 4.90 Å². The number of amides is 3. The van der Waals surface area contributed by atoms with E-state index in [1.807, 2.05) is 16.8 Å². The maximum absolute atomic E-state index is 12.5. The van der Waals surface area contributed by atoms with Gasteiger partial charge in [-0.2, -0.15) is 0 Å². The van der Waals surface area contributed by atoms with Crippen LogP contribution < -0.4 is 5.32 Å². The third-order valence-electron chi connectivity index (χ3n) is 5.03. The number of carbonyl (C=O) groups is 2. The Morgan fingerprint density at radius 2 is 1.92 bits per heavy atom. The summed E-state index contributed by atoms with van der Waals surface area (Å²) in [6.45, 7) is 7.30. The van der Waals surface area contributed by atoms with Gasteiger partial charge >= 0.3 is 6.03 Å². The van der Waals surface area contributed by atoms with Crippen molar-refractivity contribution in [2.75, 3.05) is 46.3 Å². The quantitative estimate of drug-likeness (QED) is 0.896. The molecule has 0 spiro atoms. The highest BCUT2D eigenvalue weighted by Gasteiger charge is 2.32. The van der Waals surface area contributed by atoms with Crippen molar-refractivity contribution in [1.82, 2.24) is 20.0 Å². The van der Waals surface area contributed by atoms with Crippen molar-refractivity contribution in [2.45, 2.75) is 19.9 Å². The summed E-state index contributed by atoms with van der Waals surface area (Å²) in [4.78, 5) is 30.4. The van der Waals surface area contributed by atoms with E-state index in [-0.39, 0.29) is 17.9 Å². The molecule has 3 amide bonds. The number of nitrogens with zero attached hydrogens (tertiary/aromatic N) is 3. The molecule has 2 heterocycles. The maximum Gasteiger partial charge on any atom is 0.319 e. The molecule has 0 aliphatic carbocycles. The van der Waals surface area contributed by atoms with Crippen LogP contribution in [0.25, 0.3) is 0 Å². The molecule has 1 N–H and O–H groups in total. The normalized spacial score (nSPS) is 20.9. The van der Waals surface area contributed by atoms with Gasteiger partial charge in [0.2, 0.25) is 5.91 Å². The minimum absolute atomic E-state index is 0.0749. The molecule has 0 saturated carbocycles. The van der Waals surface area contributed by atoms with Crippen LogP contribution in [0.2, 0.25) is 0 Å². The Bertz CT molecular complexity index is 610. The van der Waals surface area contributed by atoms with Crippen LogP contribution in [-0.4, -0.2) is 73.0 Å². The number of urea groups is 1. The maximum atomic E-state index is 12.5. The highest BCUT2D eigenvalue weighted by Crippen LogP contribution is 2.21. The van der Waals surface area contributed by atoms with Crippen molar-refractivity contribution in [3.05, 3.63) is 35.4 Å². The lowest BCUT2D eigenvalue weighted by Gasteiger charge is -2.32. The van der Waals surface area contributed by atoms with Crippen LogP contribution >= 0.6 is 0 Å². The first-order chi connectivity index (χ1) is 12.0. The molecule has 6 nitrogen and oxygen atoms in total. The summed E-state index contributed by atoms with van der Waals surface area (Å²) < 4.78 is 0. The highest BCUT2D eigenvalue weighted by molar-refractivity contribution is 5.79. The summed E-state index contributed by atoms with van der Waals surface area (Å²) in [5, 5.41) is 3.26. The Morgan fingerprint density at radius 1 is 1.24 bits per heavy atom. The van der Waals surface area contributed by atoms with Crippen LogP contribution in [0.5, 0.6) is 0 Å². The number of rotatable bonds is 4. The van der Waals surface area contributed by atoms with E-state index in [4.69, 9.17) is 0 Å². The van der Waals surface area contributed by atoms with Gasteiger partial charge in [-0.05, 0) is 12.5 Å². The molecule has 2 aliphatic heterocycles. The van der Waals surface area contributed by atoms with Crippen LogP contribution in [-0.2, 0) is 11.3 Å². The van der Waals surface area contributed by atoms with Gasteiger partial charge in [-0.1, -0.05) is 29.8 Å². The number of hydrogen-bond donors (Lipinski definition) is 1. The summed E-state index contributed by atoms with van der Waals surface area (Å²) in [6.07, 6.45) is 0.533. The topological polar surface area (TPSA) is 55.9 Å². The van der Waals surface area contributed by atoms with E-state index in [1.165, 1.54) is 5.56 Å². The number of nitrogens with one attached hydrogen (secondary N) is 1. The molecule has 3 rings (SSSR count). The molecule has 0 radical (unpaired) electrons. The highest BCUT2D eigenvalue weighted by atomic mass is 16.2. The number of aryl methyl sites for hydroxylation is 1. The van der Waals surface area contributed by atoms with Crippen LogP contribution in [0.15, 0.2) is 24.3 Å². The van der Waals surface area contributed by atoms with Crippen LogP contribution in [0, 0.1) is 12.8 Å². The van der Waals surface area contributed by atoms with Gasteiger partial charge in [-0.3, -0.25) is 4.79 Å². The smallest absolute Gasteiger partial charge is 0.319 e. The summed E-state index contributed by atoms with van der Waals surface area (Å²) in [6, 6.07) is 8.39. The minimum Gasteiger partial charge on any atom is -0.338 e. The third-order valence-corrected chi connectivity index (χ3v) is 5.03. The van der Waals surface area contributed by atoms with Crippen molar-refractivity contribution in [1.29, 1.82) is 0 Å². The molecule has 6 heteroatoms. The predicted molar refractivity (Wildman–Crippen MR) is 97.2 cm³/mol. The zero-order chi connectivity index (χ0) is 17.8. The van der Waals surface area contributed by atoms with E-state index in [0.717, 1.165) is 38.3 Å². The van der Waals surface area contributed by atoms with Crippen LogP contribution in [0.4, 0.5) is 4.79 Å². The first kappa shape index (κ1) is 17.7. The van der Waals surface area contributed by atoms with Gasteiger partial charge < -0.3 is 20.0 Å². The van der Waals surface area contributed by atoms with E-state index in [9.17, 15) is 9.59 Å². The number of hydrogen-bond acceptors (Lipinski definition) is 3. The summed E-state index contributed by atoms with van der Waals surface area (Å²) in [5.41, 5.74) is 2.38. The molecular formula is C19H28N4O2. The number of carbonyl (C=O) groups excluding carboxylic acids is 2. The Kier molecular flexibility index (Phi) is 5.58. The van der Waals surface area contributed by atoms with Crippen molar-refractivity contribution in [2.24, 2.45) is 5.92 Å². The minimum atomic E-state index is 0.0749. The second kappa shape index (κ2) is 7.87. The van der Waals surface area contributed by atoms with Gasteiger partial charge in [0.15, 0.2) is 0 Å². The van der Waals surface area contributed by atoms with Gasteiger partial charge in [-0.25, -0.2) is 4.79 Å². The van der Waals surface area contributed by atoms with Gasteiger partial charge in [-0.15, -0.1) is 0 Å². The van der Waals surface area contributed by atoms with Crippen molar-refractivity contribution in [3.63, 3.8) is 0 Å². The fourth-order valence-corrected chi connectivity index (χ4v) is 3.61. The lowest BCUT2D eigenvalue weighted by molar-refractivity contribution is -0.128. The number of benzene rings is 1. The SMILES string of the molecule is Cc1ccc(CN2CC(CN(C)C(=O)N3CCNCC3)CC2=O)cc1. The van der Waals surface area contributed by atoms with E-state index in [0.29, 0.717) is 19.5 Å². The zero-order valence-electron chi connectivity index (χ0n) is 15.2. The fourth-order valence-electron chi connectivity index (χ4n) is 3.61. The van der Waals surface area contributed by atoms with Gasteiger partial charge in [0.1, 0.15) is 0 Å². The molecule has 0 aromatic heterocycles. The lowest BCUT2D eigenvalue weighted by Crippen LogP contribution is -2.51. The summed E-state index contributed by atoms with van der Waals surface area (Å²) >= 11 is 0. The molecule has 136 valence electrons. The van der Waals surface area contributed by atoms with Crippen LogP contribution in [0.3, 0.4) is 0 Å². The molecule has 1 aromatic carbocycles. The first-order valence-electron chi connectivity index (χ1n) is 9.07. The molecule has 2 fully saturated rings. The summed E-state index contributed by atoms with van der Waals surface area (Å²) in [5.74, 6) is 0.406. The Morgan fingerprint density at radius 3 is 2.60 bits per heavy atom. The molecule has 2 saturated heterocycles. The van der Waals surface area contributed by atoms with E-state index < -0.39 is 0 Å². The largest absolute Gasteiger partial charge is 0.338 e. The number of likely N-dealkylation sites (tertiary alicyclic amines) is 1. The van der Waals surface area contributed by atoms with Crippen molar-refractivity contribution in [3.8, 4) is 0 Å². The second-order valence-corrected chi connectivity index (χ2v) is 7.23. The molecule has 25 heavy (non-hydrogen) atoms.